The number of rotatable bonds is 7. The van der Waals surface area contributed by atoms with E-state index in [2.05, 4.69) is 50.0 Å². The Kier molecular flexibility index (Phi) is 7.32. The lowest BCUT2D eigenvalue weighted by molar-refractivity contribution is -0.843. The first kappa shape index (κ1) is 27.9. The fourth-order valence-electron chi connectivity index (χ4n) is 4.98. The Morgan fingerprint density at radius 1 is 0.872 bits per heavy atom. The maximum atomic E-state index is 12.6. The maximum absolute atomic E-state index is 12.6. The van der Waals surface area contributed by atoms with Gasteiger partial charge in [-0.15, -0.1) is 0 Å². The van der Waals surface area contributed by atoms with Crippen LogP contribution in [0.4, 0.5) is 4.79 Å². The maximum Gasteiger partial charge on any atom is 0.513 e. The quantitative estimate of drug-likeness (QED) is 0.216. The molecular formula is C32H37N2O5+. The van der Waals surface area contributed by atoms with Crippen LogP contribution < -0.4 is 4.74 Å². The van der Waals surface area contributed by atoms with Crippen LogP contribution in [0, 0.1) is 0 Å². The molecule has 0 spiro atoms. The van der Waals surface area contributed by atoms with Crippen LogP contribution in [0.15, 0.2) is 66.7 Å². The molecule has 1 amide bonds. The summed E-state index contributed by atoms with van der Waals surface area (Å²) in [6, 6.07) is 20.5. The lowest BCUT2D eigenvalue weighted by atomic mass is 9.86. The van der Waals surface area contributed by atoms with Crippen molar-refractivity contribution in [2.75, 3.05) is 14.1 Å². The molecule has 0 saturated heterocycles. The number of hydrogen-bond donors (Lipinski definition) is 3. The van der Waals surface area contributed by atoms with Gasteiger partial charge < -0.3 is 19.9 Å². The van der Waals surface area contributed by atoms with E-state index in [0.717, 1.165) is 11.1 Å². The Morgan fingerprint density at radius 2 is 1.46 bits per heavy atom. The summed E-state index contributed by atoms with van der Waals surface area (Å²) < 4.78 is 5.28. The van der Waals surface area contributed by atoms with E-state index < -0.39 is 22.6 Å². The summed E-state index contributed by atoms with van der Waals surface area (Å²) in [5, 5.41) is 21.1. The molecule has 0 bridgehead atoms. The summed E-state index contributed by atoms with van der Waals surface area (Å²) >= 11 is 0. The summed E-state index contributed by atoms with van der Waals surface area (Å²) in [6.07, 6.45) is -1.09. The molecule has 0 aliphatic rings. The largest absolute Gasteiger partial charge is 0.513 e. The van der Waals surface area contributed by atoms with Crippen molar-refractivity contribution in [1.82, 2.24) is 4.98 Å². The zero-order valence-electron chi connectivity index (χ0n) is 23.6. The molecule has 0 aliphatic carbocycles. The number of ether oxygens (including phenoxy) is 1. The summed E-state index contributed by atoms with van der Waals surface area (Å²) in [5.74, 6) is -0.487. The lowest BCUT2D eigenvalue weighted by Crippen LogP contribution is -2.48. The highest BCUT2D eigenvalue weighted by Gasteiger charge is 2.42. The van der Waals surface area contributed by atoms with Gasteiger partial charge >= 0.3 is 12.1 Å². The predicted octanol–water partition coefficient (Wildman–Crippen LogP) is 7.46. The van der Waals surface area contributed by atoms with E-state index in [1.165, 1.54) is 5.56 Å². The Balaban J connectivity index is 1.94. The molecule has 3 aromatic carbocycles. The van der Waals surface area contributed by atoms with Crippen LogP contribution in [0.2, 0.25) is 0 Å². The van der Waals surface area contributed by atoms with Crippen molar-refractivity contribution in [3.8, 4) is 16.9 Å². The average molecular weight is 530 g/mol. The second-order valence-electron chi connectivity index (χ2n) is 11.8. The number of benzene rings is 3. The van der Waals surface area contributed by atoms with Crippen molar-refractivity contribution < 1.29 is 29.0 Å². The monoisotopic (exact) mass is 529 g/mol. The number of aromatic carboxylic acids is 1. The van der Waals surface area contributed by atoms with Crippen LogP contribution >= 0.6 is 0 Å². The highest BCUT2D eigenvalue weighted by Crippen LogP contribution is 2.41. The molecule has 4 rings (SSSR count). The molecule has 7 nitrogen and oxygen atoms in total. The van der Waals surface area contributed by atoms with Crippen molar-refractivity contribution in [1.29, 1.82) is 0 Å². The van der Waals surface area contributed by atoms with Crippen LogP contribution in [0.25, 0.3) is 22.0 Å². The number of carboxylic acids is 1. The van der Waals surface area contributed by atoms with Crippen LogP contribution in [0.1, 0.15) is 67.8 Å². The van der Waals surface area contributed by atoms with Gasteiger partial charge in [-0.05, 0) is 72.4 Å². The molecule has 1 heterocycles. The van der Waals surface area contributed by atoms with Gasteiger partial charge in [-0.2, -0.15) is 4.79 Å². The fourth-order valence-corrected chi connectivity index (χ4v) is 4.98. The van der Waals surface area contributed by atoms with Crippen LogP contribution in [0.5, 0.6) is 5.75 Å². The number of H-pyrrole nitrogens is 1. The number of carbonyl (C=O) groups is 2. The van der Waals surface area contributed by atoms with E-state index in [0.29, 0.717) is 27.8 Å². The zero-order chi connectivity index (χ0) is 28.7. The minimum atomic E-state index is -1.15. The van der Waals surface area contributed by atoms with Crippen molar-refractivity contribution in [2.24, 2.45) is 0 Å². The topological polar surface area (TPSA) is 99.6 Å². The van der Waals surface area contributed by atoms with Crippen molar-refractivity contribution in [2.45, 2.75) is 52.2 Å². The molecule has 0 aliphatic heterocycles. The lowest BCUT2D eigenvalue weighted by Gasteiger charge is -2.33. The van der Waals surface area contributed by atoms with Crippen LogP contribution in [-0.4, -0.2) is 51.9 Å². The van der Waals surface area contributed by atoms with Gasteiger partial charge in [-0.25, -0.2) is 9.28 Å². The first-order valence-electron chi connectivity index (χ1n) is 13.0. The Hall–Kier alpha value is -4.10. The summed E-state index contributed by atoms with van der Waals surface area (Å²) in [6.45, 7) is 10.4. The highest BCUT2D eigenvalue weighted by atomic mass is 16.5. The van der Waals surface area contributed by atoms with Gasteiger partial charge in [0.15, 0.2) is 6.04 Å². The van der Waals surface area contributed by atoms with Gasteiger partial charge in [0.2, 0.25) is 0 Å². The molecule has 0 radical (unpaired) electrons. The number of hydrogen-bond acceptors (Lipinski definition) is 3. The van der Waals surface area contributed by atoms with Gasteiger partial charge in [-0.1, -0.05) is 51.1 Å². The van der Waals surface area contributed by atoms with E-state index in [-0.39, 0.29) is 17.2 Å². The number of carboxylic acid groups (broad SMARTS) is 2. The molecule has 0 saturated carbocycles. The normalized spacial score (nSPS) is 13.0. The van der Waals surface area contributed by atoms with Gasteiger partial charge in [0.25, 0.3) is 0 Å². The molecular weight excluding hydrogens is 492 g/mol. The smallest absolute Gasteiger partial charge is 0.491 e. The van der Waals surface area contributed by atoms with Crippen molar-refractivity contribution in [3.05, 3.63) is 89.1 Å². The number of nitrogens with one attached hydrogen (secondary N) is 1. The van der Waals surface area contributed by atoms with E-state index in [9.17, 15) is 19.8 Å². The second-order valence-corrected chi connectivity index (χ2v) is 11.8. The van der Waals surface area contributed by atoms with Gasteiger partial charge in [-0.3, -0.25) is 0 Å². The third-order valence-corrected chi connectivity index (χ3v) is 7.12. The first-order chi connectivity index (χ1) is 18.2. The van der Waals surface area contributed by atoms with E-state index >= 15 is 0 Å². The average Bonchev–Trinajstić information content (AvgIpc) is 3.23. The molecule has 1 unspecified atom stereocenters. The summed E-state index contributed by atoms with van der Waals surface area (Å²) in [4.78, 5) is 28.1. The highest BCUT2D eigenvalue weighted by molar-refractivity contribution is 5.99. The zero-order valence-corrected chi connectivity index (χ0v) is 23.6. The number of aromatic nitrogens is 1. The number of nitrogens with zero attached hydrogens (tertiary/aromatic N) is 1. The second kappa shape index (κ2) is 10.2. The molecule has 3 N–H and O–H groups in total. The molecule has 7 heteroatoms. The van der Waals surface area contributed by atoms with Crippen molar-refractivity contribution in [3.63, 3.8) is 0 Å². The molecule has 39 heavy (non-hydrogen) atoms. The third-order valence-electron chi connectivity index (χ3n) is 7.12. The van der Waals surface area contributed by atoms with Crippen LogP contribution in [0.3, 0.4) is 0 Å². The molecule has 1 aromatic heterocycles. The standard InChI is InChI=1S/C32H36N2O5/c1-19(2)39-24-15-10-21(11-16-24)29(34(6,7)31(37)38)27-25-18-22(12-17-26(25)33-28(27)30(35)36)20-8-13-23(14-9-20)32(3,4)5/h8-19,29,33H,1-7H3,(H-,35,36,37,38)/p+1. The van der Waals surface area contributed by atoms with Gasteiger partial charge in [0.05, 0.1) is 25.8 Å². The van der Waals surface area contributed by atoms with E-state index in [4.69, 9.17) is 4.74 Å². The molecule has 204 valence electrons. The minimum Gasteiger partial charge on any atom is -0.491 e. The van der Waals surface area contributed by atoms with E-state index in [1.54, 1.807) is 26.2 Å². The molecule has 4 aromatic rings. The summed E-state index contributed by atoms with van der Waals surface area (Å²) in [5.41, 5.74) is 4.85. The van der Waals surface area contributed by atoms with Gasteiger partial charge in [0, 0.05) is 16.5 Å². The van der Waals surface area contributed by atoms with Gasteiger partial charge in [0.1, 0.15) is 11.4 Å². The molecule has 0 fully saturated rings. The number of amides is 1. The third kappa shape index (κ3) is 5.54. The Labute approximate surface area is 229 Å². The summed E-state index contributed by atoms with van der Waals surface area (Å²) in [7, 11) is 3.15. The van der Waals surface area contributed by atoms with Crippen LogP contribution in [-0.2, 0) is 5.41 Å². The van der Waals surface area contributed by atoms with E-state index in [1.807, 2.05) is 44.2 Å². The SMILES string of the molecule is CC(C)Oc1ccc(C(c2c(C(=O)O)[nH]c3ccc(-c4ccc(C(C)(C)C)cc4)cc23)[N+](C)(C)C(=O)O)cc1. The number of aromatic amines is 1. The minimum absolute atomic E-state index is 0.0130. The Bertz CT molecular complexity index is 1510. The first-order valence-corrected chi connectivity index (χ1v) is 13.0. The fraction of sp³-hybridized carbons (Fsp3) is 0.312. The number of quaternary nitrogens is 1. The molecule has 1 atom stereocenters. The van der Waals surface area contributed by atoms with Crippen molar-refractivity contribution >= 4 is 23.0 Å². The Morgan fingerprint density at radius 3 is 1.97 bits per heavy atom. The predicted molar refractivity (Wildman–Crippen MR) is 154 cm³/mol. The number of fused-ring (bicyclic) bond motifs is 1.